The first-order valence-corrected chi connectivity index (χ1v) is 6.67. The number of nitrogens with zero attached hydrogens (tertiary/aromatic N) is 2. The molecule has 1 heterocycles. The van der Waals surface area contributed by atoms with Gasteiger partial charge in [-0.1, -0.05) is 25.9 Å². The van der Waals surface area contributed by atoms with Crippen LogP contribution < -0.4 is 5.73 Å². The average Bonchev–Trinajstić information content (AvgIpc) is 2.78. The third kappa shape index (κ3) is 2.86. The molecule has 17 heavy (non-hydrogen) atoms. The van der Waals surface area contributed by atoms with Crippen LogP contribution in [0.1, 0.15) is 70.1 Å². The predicted molar refractivity (Wildman–Crippen MR) is 66.4 cm³/mol. The van der Waals surface area contributed by atoms with Gasteiger partial charge in [-0.3, -0.25) is 0 Å². The minimum absolute atomic E-state index is 0.116. The highest BCUT2D eigenvalue weighted by Gasteiger charge is 2.26. The molecule has 4 nitrogen and oxygen atoms in total. The van der Waals surface area contributed by atoms with Crippen molar-refractivity contribution in [1.29, 1.82) is 0 Å². The van der Waals surface area contributed by atoms with E-state index >= 15 is 0 Å². The van der Waals surface area contributed by atoms with Crippen LogP contribution in [0.2, 0.25) is 0 Å². The van der Waals surface area contributed by atoms with Crippen molar-refractivity contribution in [3.8, 4) is 0 Å². The van der Waals surface area contributed by atoms with E-state index in [2.05, 4.69) is 30.9 Å². The molecule has 0 aromatic carbocycles. The third-order valence-electron chi connectivity index (χ3n) is 3.84. The maximum absolute atomic E-state index is 6.02. The minimum atomic E-state index is -0.116. The number of nitrogens with two attached hydrogens (primary N) is 1. The quantitative estimate of drug-likeness (QED) is 0.877. The van der Waals surface area contributed by atoms with E-state index in [0.717, 1.165) is 11.8 Å². The number of hydrogen-bond acceptors (Lipinski definition) is 4. The van der Waals surface area contributed by atoms with Gasteiger partial charge in [0.15, 0.2) is 5.82 Å². The summed E-state index contributed by atoms with van der Waals surface area (Å²) in [5, 5.41) is 4.02. The van der Waals surface area contributed by atoms with Gasteiger partial charge in [0.25, 0.3) is 0 Å². The summed E-state index contributed by atoms with van der Waals surface area (Å²) in [6.45, 7) is 6.45. The van der Waals surface area contributed by atoms with E-state index < -0.39 is 0 Å². The molecule has 0 aliphatic heterocycles. The molecule has 1 fully saturated rings. The van der Waals surface area contributed by atoms with Crippen molar-refractivity contribution in [2.75, 3.05) is 0 Å². The van der Waals surface area contributed by atoms with Gasteiger partial charge in [-0.2, -0.15) is 4.98 Å². The molecule has 0 amide bonds. The van der Waals surface area contributed by atoms with Gasteiger partial charge >= 0.3 is 0 Å². The van der Waals surface area contributed by atoms with Gasteiger partial charge < -0.3 is 10.3 Å². The minimum Gasteiger partial charge on any atom is -0.339 e. The highest BCUT2D eigenvalue weighted by molar-refractivity contribution is 4.99. The monoisotopic (exact) mass is 237 g/mol. The van der Waals surface area contributed by atoms with Crippen molar-refractivity contribution >= 4 is 0 Å². The summed E-state index contributed by atoms with van der Waals surface area (Å²) in [4.78, 5) is 4.48. The summed E-state index contributed by atoms with van der Waals surface area (Å²) in [6.07, 6.45) is 4.86. The lowest BCUT2D eigenvalue weighted by Crippen LogP contribution is -2.18. The molecule has 1 atom stereocenters. The van der Waals surface area contributed by atoms with E-state index in [1.54, 1.807) is 0 Å². The molecule has 2 N–H and O–H groups in total. The second kappa shape index (κ2) is 5.17. The second-order valence-electron chi connectivity index (χ2n) is 5.72. The Kier molecular flexibility index (Phi) is 3.82. The molecule has 2 rings (SSSR count). The van der Waals surface area contributed by atoms with Gasteiger partial charge in [0, 0.05) is 5.92 Å². The summed E-state index contributed by atoms with van der Waals surface area (Å²) < 4.78 is 5.37. The number of hydrogen-bond donors (Lipinski definition) is 1. The Morgan fingerprint density at radius 1 is 1.24 bits per heavy atom. The summed E-state index contributed by atoms with van der Waals surface area (Å²) in [5.41, 5.74) is 6.02. The summed E-state index contributed by atoms with van der Waals surface area (Å²) in [5.74, 6) is 3.09. The van der Waals surface area contributed by atoms with Gasteiger partial charge in [-0.15, -0.1) is 0 Å². The van der Waals surface area contributed by atoms with Crippen LogP contribution in [-0.4, -0.2) is 10.1 Å². The molecular formula is C13H23N3O. The molecule has 0 spiro atoms. The largest absolute Gasteiger partial charge is 0.339 e. The van der Waals surface area contributed by atoms with Gasteiger partial charge in [0.05, 0.1) is 6.04 Å². The normalized spacial score (nSPS) is 27.4. The van der Waals surface area contributed by atoms with Crippen molar-refractivity contribution in [3.05, 3.63) is 11.7 Å². The first-order chi connectivity index (χ1) is 8.08. The lowest BCUT2D eigenvalue weighted by Gasteiger charge is -2.23. The first kappa shape index (κ1) is 12.6. The van der Waals surface area contributed by atoms with Crippen molar-refractivity contribution in [2.24, 2.45) is 17.6 Å². The molecule has 1 aliphatic rings. The molecule has 0 bridgehead atoms. The molecule has 0 saturated heterocycles. The van der Waals surface area contributed by atoms with Gasteiger partial charge in [-0.05, 0) is 37.5 Å². The smallest absolute Gasteiger partial charge is 0.229 e. The zero-order chi connectivity index (χ0) is 12.4. The molecule has 1 saturated carbocycles. The highest BCUT2D eigenvalue weighted by Crippen LogP contribution is 2.35. The summed E-state index contributed by atoms with van der Waals surface area (Å²) in [6, 6.07) is -0.116. The SMILES string of the molecule is CC1CCC(c2nc(C(N)C(C)C)no2)CC1. The second-order valence-corrected chi connectivity index (χ2v) is 5.72. The topological polar surface area (TPSA) is 64.9 Å². The van der Waals surface area contributed by atoms with Crippen LogP contribution in [0.5, 0.6) is 0 Å². The molecular weight excluding hydrogens is 214 g/mol. The van der Waals surface area contributed by atoms with E-state index in [9.17, 15) is 0 Å². The Hall–Kier alpha value is -0.900. The maximum Gasteiger partial charge on any atom is 0.229 e. The summed E-state index contributed by atoms with van der Waals surface area (Å²) in [7, 11) is 0. The van der Waals surface area contributed by atoms with Crippen molar-refractivity contribution in [3.63, 3.8) is 0 Å². The Balaban J connectivity index is 2.03. The van der Waals surface area contributed by atoms with Crippen LogP contribution in [0, 0.1) is 11.8 Å². The van der Waals surface area contributed by atoms with Gasteiger partial charge in [0.2, 0.25) is 5.89 Å². The fraction of sp³-hybridized carbons (Fsp3) is 0.846. The summed E-state index contributed by atoms with van der Waals surface area (Å²) >= 11 is 0. The van der Waals surface area contributed by atoms with E-state index in [-0.39, 0.29) is 6.04 Å². The van der Waals surface area contributed by atoms with Crippen LogP contribution in [0.3, 0.4) is 0 Å². The van der Waals surface area contributed by atoms with Crippen molar-refractivity contribution < 1.29 is 4.52 Å². The molecule has 1 unspecified atom stereocenters. The lowest BCUT2D eigenvalue weighted by atomic mass is 9.83. The molecule has 0 radical (unpaired) electrons. The average molecular weight is 237 g/mol. The van der Waals surface area contributed by atoms with Crippen LogP contribution in [-0.2, 0) is 0 Å². The van der Waals surface area contributed by atoms with Crippen molar-refractivity contribution in [1.82, 2.24) is 10.1 Å². The van der Waals surface area contributed by atoms with Crippen LogP contribution >= 0.6 is 0 Å². The fourth-order valence-electron chi connectivity index (χ4n) is 2.35. The Labute approximate surface area is 103 Å². The highest BCUT2D eigenvalue weighted by atomic mass is 16.5. The van der Waals surface area contributed by atoms with Crippen LogP contribution in [0.4, 0.5) is 0 Å². The third-order valence-corrected chi connectivity index (χ3v) is 3.84. The Morgan fingerprint density at radius 2 is 1.88 bits per heavy atom. The van der Waals surface area contributed by atoms with E-state index in [1.807, 2.05) is 0 Å². The van der Waals surface area contributed by atoms with E-state index in [4.69, 9.17) is 10.3 Å². The van der Waals surface area contributed by atoms with Crippen LogP contribution in [0.25, 0.3) is 0 Å². The van der Waals surface area contributed by atoms with Crippen LogP contribution in [0.15, 0.2) is 4.52 Å². The van der Waals surface area contributed by atoms with Gasteiger partial charge in [0.1, 0.15) is 0 Å². The van der Waals surface area contributed by atoms with Gasteiger partial charge in [-0.25, -0.2) is 0 Å². The van der Waals surface area contributed by atoms with Crippen molar-refractivity contribution in [2.45, 2.75) is 58.4 Å². The standard InChI is InChI=1S/C13H23N3O/c1-8(2)11(14)12-15-13(17-16-12)10-6-4-9(3)5-7-10/h8-11H,4-7,14H2,1-3H3. The zero-order valence-electron chi connectivity index (χ0n) is 11.0. The van der Waals surface area contributed by atoms with E-state index in [0.29, 0.717) is 17.7 Å². The Bertz CT molecular complexity index is 353. The number of rotatable bonds is 3. The molecule has 1 aliphatic carbocycles. The first-order valence-electron chi connectivity index (χ1n) is 6.67. The number of aromatic nitrogens is 2. The molecule has 96 valence electrons. The molecule has 4 heteroatoms. The lowest BCUT2D eigenvalue weighted by molar-refractivity contribution is 0.279. The zero-order valence-corrected chi connectivity index (χ0v) is 11.0. The molecule has 1 aromatic rings. The predicted octanol–water partition coefficient (Wildman–Crippen LogP) is 3.02. The molecule has 1 aromatic heterocycles. The fourth-order valence-corrected chi connectivity index (χ4v) is 2.35. The maximum atomic E-state index is 6.02. The van der Waals surface area contributed by atoms with E-state index in [1.165, 1.54) is 25.7 Å². The Morgan fingerprint density at radius 3 is 2.47 bits per heavy atom.